The second kappa shape index (κ2) is 7.78. The number of carbonyl (C=O) groups is 1. The summed E-state index contributed by atoms with van der Waals surface area (Å²) in [5.41, 5.74) is 2.00. The molecule has 0 bridgehead atoms. The van der Waals surface area contributed by atoms with Gasteiger partial charge in [-0.25, -0.2) is 4.98 Å². The Morgan fingerprint density at radius 3 is 2.69 bits per heavy atom. The van der Waals surface area contributed by atoms with Crippen LogP contribution in [0, 0.1) is 6.92 Å². The summed E-state index contributed by atoms with van der Waals surface area (Å²) in [6.07, 6.45) is 0.573. The van der Waals surface area contributed by atoms with Crippen molar-refractivity contribution in [2.75, 3.05) is 5.88 Å². The van der Waals surface area contributed by atoms with Gasteiger partial charge in [0.25, 0.3) is 0 Å². The van der Waals surface area contributed by atoms with Crippen LogP contribution in [0.2, 0.25) is 0 Å². The number of benzene rings is 1. The summed E-state index contributed by atoms with van der Waals surface area (Å²) >= 11 is 12.9. The van der Waals surface area contributed by atoms with Gasteiger partial charge in [0, 0.05) is 17.1 Å². The zero-order chi connectivity index (χ0) is 18.8. The number of alkyl halides is 2. The molecule has 0 amide bonds. The number of nitrogens with zero attached hydrogens (tertiary/aromatic N) is 1. The van der Waals surface area contributed by atoms with Crippen LogP contribution in [0.1, 0.15) is 23.9 Å². The molecule has 0 saturated carbocycles. The van der Waals surface area contributed by atoms with Crippen LogP contribution in [0.5, 0.6) is 5.75 Å². The smallest absolute Gasteiger partial charge is 0.326 e. The molecule has 136 valence electrons. The van der Waals surface area contributed by atoms with Gasteiger partial charge in [-0.1, -0.05) is 6.92 Å². The highest BCUT2D eigenvalue weighted by Crippen LogP contribution is 2.31. The fraction of sp³-hybridized carbons (Fsp3) is 0.278. The highest BCUT2D eigenvalue weighted by atomic mass is 35.5. The second-order valence-corrected chi connectivity index (χ2v) is 6.97. The lowest BCUT2D eigenvalue weighted by Gasteiger charge is -2.11. The van der Waals surface area contributed by atoms with Gasteiger partial charge in [-0.2, -0.15) is 0 Å². The quantitative estimate of drug-likeness (QED) is 0.346. The maximum atomic E-state index is 13.1. The van der Waals surface area contributed by atoms with Crippen molar-refractivity contribution in [3.8, 4) is 16.3 Å². The van der Waals surface area contributed by atoms with Crippen LogP contribution >= 0.6 is 34.5 Å². The van der Waals surface area contributed by atoms with Crippen molar-refractivity contribution in [2.24, 2.45) is 0 Å². The maximum Gasteiger partial charge on any atom is 0.326 e. The molecule has 2 heterocycles. The molecule has 3 aromatic rings. The first-order valence-corrected chi connectivity index (χ1v) is 9.81. The van der Waals surface area contributed by atoms with Crippen molar-refractivity contribution in [3.63, 3.8) is 0 Å². The Kier molecular flexibility index (Phi) is 5.65. The number of esters is 1. The third kappa shape index (κ3) is 3.49. The van der Waals surface area contributed by atoms with E-state index in [1.807, 2.05) is 19.2 Å². The second-order valence-electron chi connectivity index (χ2n) is 5.57. The summed E-state index contributed by atoms with van der Waals surface area (Å²) in [6.45, 7) is 3.76. The average Bonchev–Trinajstić information content (AvgIpc) is 3.06. The third-order valence-electron chi connectivity index (χ3n) is 3.81. The summed E-state index contributed by atoms with van der Waals surface area (Å²) in [6, 6.07) is 3.22. The number of aromatic nitrogens is 1. The first kappa shape index (κ1) is 18.9. The zero-order valence-corrected chi connectivity index (χ0v) is 16.4. The molecule has 0 unspecified atom stereocenters. The van der Waals surface area contributed by atoms with Gasteiger partial charge in [0.15, 0.2) is 0 Å². The molecule has 1 aromatic carbocycles. The van der Waals surface area contributed by atoms with Crippen LogP contribution in [-0.4, -0.2) is 16.8 Å². The van der Waals surface area contributed by atoms with Crippen molar-refractivity contribution in [1.29, 1.82) is 0 Å². The Labute approximate surface area is 163 Å². The van der Waals surface area contributed by atoms with Crippen LogP contribution in [-0.2, 0) is 17.1 Å². The van der Waals surface area contributed by atoms with Crippen LogP contribution in [0.25, 0.3) is 21.5 Å². The zero-order valence-electron chi connectivity index (χ0n) is 14.1. The number of thiazole rings is 1. The van der Waals surface area contributed by atoms with Crippen molar-refractivity contribution >= 4 is 51.5 Å². The predicted molar refractivity (Wildman–Crippen MR) is 104 cm³/mol. The maximum absolute atomic E-state index is 13.1. The van der Waals surface area contributed by atoms with E-state index in [2.05, 4.69) is 4.98 Å². The SMILES string of the molecule is CCc1cc2c(=O)c(-c3nc(C)cs3)c(CCl)oc2cc1OC(=O)CCl. The van der Waals surface area contributed by atoms with E-state index < -0.39 is 5.97 Å². The van der Waals surface area contributed by atoms with E-state index in [0.717, 1.165) is 5.69 Å². The Hall–Kier alpha value is -1.89. The van der Waals surface area contributed by atoms with Gasteiger partial charge in [-0.15, -0.1) is 34.5 Å². The minimum Gasteiger partial charge on any atom is -0.459 e. The summed E-state index contributed by atoms with van der Waals surface area (Å²) in [4.78, 5) is 29.0. The fourth-order valence-electron chi connectivity index (χ4n) is 2.61. The Morgan fingerprint density at radius 2 is 2.12 bits per heavy atom. The molecule has 0 fully saturated rings. The number of ether oxygens (including phenoxy) is 1. The topological polar surface area (TPSA) is 69.4 Å². The van der Waals surface area contributed by atoms with Crippen LogP contribution < -0.4 is 10.2 Å². The number of aryl methyl sites for hydroxylation is 2. The van der Waals surface area contributed by atoms with Crippen LogP contribution in [0.4, 0.5) is 0 Å². The lowest BCUT2D eigenvalue weighted by atomic mass is 10.1. The van der Waals surface area contributed by atoms with Gasteiger partial charge in [0.2, 0.25) is 5.43 Å². The van der Waals surface area contributed by atoms with Crippen LogP contribution in [0.15, 0.2) is 26.7 Å². The van der Waals surface area contributed by atoms with Gasteiger partial charge < -0.3 is 9.15 Å². The standard InChI is InChI=1S/C18H15Cl2NO4S/c1-3-10-4-11-13(5-12(10)25-15(22)7-20)24-14(6-19)16(17(11)23)18-21-9(2)8-26-18/h4-5,8H,3,6-7H2,1-2H3. The van der Waals surface area contributed by atoms with Crippen LogP contribution in [0.3, 0.4) is 0 Å². The minimum absolute atomic E-state index is 0.0193. The number of hydrogen-bond donors (Lipinski definition) is 0. The molecule has 8 heteroatoms. The van der Waals surface area contributed by atoms with E-state index in [-0.39, 0.29) is 17.2 Å². The van der Waals surface area contributed by atoms with Gasteiger partial charge in [-0.3, -0.25) is 9.59 Å². The molecule has 2 aromatic heterocycles. The van der Waals surface area contributed by atoms with Gasteiger partial charge in [0.1, 0.15) is 28.0 Å². The lowest BCUT2D eigenvalue weighted by Crippen LogP contribution is -2.12. The summed E-state index contributed by atoms with van der Waals surface area (Å²) < 4.78 is 11.1. The third-order valence-corrected chi connectivity index (χ3v) is 5.25. The summed E-state index contributed by atoms with van der Waals surface area (Å²) in [5.74, 6) is -0.161. The molecular formula is C18H15Cl2NO4S. The van der Waals surface area contributed by atoms with E-state index in [4.69, 9.17) is 32.4 Å². The molecule has 0 aliphatic heterocycles. The number of hydrogen-bond acceptors (Lipinski definition) is 6. The average molecular weight is 412 g/mol. The van der Waals surface area contributed by atoms with Crippen molar-refractivity contribution in [1.82, 2.24) is 4.98 Å². The molecule has 0 aliphatic carbocycles. The van der Waals surface area contributed by atoms with E-state index >= 15 is 0 Å². The molecule has 0 N–H and O–H groups in total. The molecular weight excluding hydrogens is 397 g/mol. The number of carbonyl (C=O) groups excluding carboxylic acids is 1. The van der Waals surface area contributed by atoms with Gasteiger partial charge >= 0.3 is 5.97 Å². The molecule has 5 nitrogen and oxygen atoms in total. The Balaban J connectivity index is 2.27. The van der Waals surface area contributed by atoms with E-state index in [1.54, 1.807) is 6.07 Å². The normalized spacial score (nSPS) is 11.1. The Bertz CT molecular complexity index is 1040. The lowest BCUT2D eigenvalue weighted by molar-refractivity contribution is -0.131. The van der Waals surface area contributed by atoms with Crippen molar-refractivity contribution in [3.05, 3.63) is 44.8 Å². The largest absolute Gasteiger partial charge is 0.459 e. The molecule has 26 heavy (non-hydrogen) atoms. The number of rotatable bonds is 5. The highest BCUT2D eigenvalue weighted by Gasteiger charge is 2.20. The van der Waals surface area contributed by atoms with Crippen molar-refractivity contribution in [2.45, 2.75) is 26.1 Å². The monoisotopic (exact) mass is 411 g/mol. The van der Waals surface area contributed by atoms with Crippen molar-refractivity contribution < 1.29 is 13.9 Å². The molecule has 0 saturated heterocycles. The van der Waals surface area contributed by atoms with Gasteiger partial charge in [0.05, 0.1) is 16.8 Å². The fourth-order valence-corrected chi connectivity index (χ4v) is 3.71. The van der Waals surface area contributed by atoms with Gasteiger partial charge in [-0.05, 0) is 25.0 Å². The molecule has 0 aliphatic rings. The van der Waals surface area contributed by atoms with E-state index in [9.17, 15) is 9.59 Å². The first-order chi connectivity index (χ1) is 12.5. The predicted octanol–water partition coefficient (Wildman–Crippen LogP) is 4.67. The minimum atomic E-state index is -0.574. The molecule has 0 radical (unpaired) electrons. The Morgan fingerprint density at radius 1 is 1.35 bits per heavy atom. The number of halogens is 2. The molecule has 0 atom stereocenters. The first-order valence-electron chi connectivity index (χ1n) is 7.86. The summed E-state index contributed by atoms with van der Waals surface area (Å²) in [5, 5.41) is 2.83. The number of fused-ring (bicyclic) bond motifs is 1. The van der Waals surface area contributed by atoms with E-state index in [0.29, 0.717) is 45.0 Å². The highest BCUT2D eigenvalue weighted by molar-refractivity contribution is 7.13. The molecule has 3 rings (SSSR count). The molecule has 0 spiro atoms. The van der Waals surface area contributed by atoms with E-state index in [1.165, 1.54) is 17.4 Å². The summed E-state index contributed by atoms with van der Waals surface area (Å²) in [7, 11) is 0.